The smallest absolute Gasteiger partial charge is 0.397 e. The lowest BCUT2D eigenvalue weighted by atomic mass is 10.0. The van der Waals surface area contributed by atoms with Crippen LogP contribution in [0.25, 0.3) is 5.52 Å². The molecule has 12 nitrogen and oxygen atoms in total. The van der Waals surface area contributed by atoms with E-state index in [1.165, 1.54) is 116 Å². The number of rotatable bonds is 27. The van der Waals surface area contributed by atoms with Crippen LogP contribution in [-0.4, -0.2) is 63.1 Å². The number of hydrogen-bond donors (Lipinski definition) is 3. The molecule has 0 radical (unpaired) electrons. The zero-order valence-corrected chi connectivity index (χ0v) is 35.1. The molecule has 3 heterocycles. The minimum Gasteiger partial charge on any atom is -0.425 e. The largest absolute Gasteiger partial charge is 0.425 e. The summed E-state index contributed by atoms with van der Waals surface area (Å²) in [5, 5.41) is 27.5. The van der Waals surface area contributed by atoms with Crippen LogP contribution in [0.3, 0.4) is 0 Å². The van der Waals surface area contributed by atoms with Gasteiger partial charge in [-0.2, -0.15) is 5.10 Å². The van der Waals surface area contributed by atoms with Gasteiger partial charge in [0, 0.05) is 13.2 Å². The second-order valence-electron chi connectivity index (χ2n) is 14.3. The number of benzene rings is 1. The summed E-state index contributed by atoms with van der Waals surface area (Å²) in [7, 11) is -1.69. The number of aliphatic hydroxyl groups is 2. The molecule has 3 unspecified atom stereocenters. The van der Waals surface area contributed by atoms with Crippen molar-refractivity contribution >= 4 is 31.5 Å². The quantitative estimate of drug-likeness (QED) is 0.0381. The first-order chi connectivity index (χ1) is 26.7. The molecule has 14 heteroatoms. The molecule has 3 aromatic rings. The second-order valence-corrected chi connectivity index (χ2v) is 15.9. The average Bonchev–Trinajstić information content (AvgIpc) is 3.82. The number of hydrogen-bond acceptors (Lipinski definition) is 11. The molecule has 1 saturated heterocycles. The summed E-state index contributed by atoms with van der Waals surface area (Å²) in [6.45, 7) is 10.3. The zero-order valence-electron chi connectivity index (χ0n) is 33.5. The third-order valence-corrected chi connectivity index (χ3v) is 10.3. The number of para-hydroxylation sites is 1. The van der Waals surface area contributed by atoms with E-state index in [2.05, 4.69) is 23.6 Å². The summed E-state index contributed by atoms with van der Waals surface area (Å²) in [5.74, 6) is -0.524. The molecule has 0 spiro atoms. The number of fused-ring (bicyclic) bond motifs is 1. The Morgan fingerprint density at radius 3 is 2.04 bits per heavy atom. The predicted octanol–water partition coefficient (Wildman–Crippen LogP) is 10.6. The summed E-state index contributed by atoms with van der Waals surface area (Å²) in [5.41, 5.74) is 7.73. The summed E-state index contributed by atoms with van der Waals surface area (Å²) < 4.78 is 32.2. The van der Waals surface area contributed by atoms with E-state index in [1.807, 2.05) is 30.3 Å². The monoisotopic (exact) mass is 807 g/mol. The minimum absolute atomic E-state index is 0.102. The molecule has 4 rings (SSSR count). The maximum Gasteiger partial charge on any atom is 0.397 e. The van der Waals surface area contributed by atoms with Crippen LogP contribution in [0.2, 0.25) is 5.02 Å². The Morgan fingerprint density at radius 1 is 0.855 bits per heavy atom. The lowest BCUT2D eigenvalue weighted by molar-refractivity contribution is -0.127. The number of nitrogens with zero attached hydrogens (tertiary/aromatic N) is 4. The Labute approximate surface area is 336 Å². The van der Waals surface area contributed by atoms with Gasteiger partial charge in [0.2, 0.25) is 0 Å². The molecular formula is C41H67ClN5O7P. The Hall–Kier alpha value is -2.59. The topological polar surface area (TPSA) is 167 Å². The molecule has 3 atom stereocenters. The molecule has 1 aliphatic rings. The predicted molar refractivity (Wildman–Crippen MR) is 221 cm³/mol. The van der Waals surface area contributed by atoms with Crippen LogP contribution in [0.5, 0.6) is 5.75 Å². The lowest BCUT2D eigenvalue weighted by Gasteiger charge is -2.20. The molecule has 1 fully saturated rings. The molecule has 310 valence electrons. The summed E-state index contributed by atoms with van der Waals surface area (Å²) in [4.78, 5) is 4.07. The first-order valence-corrected chi connectivity index (χ1v) is 21.6. The van der Waals surface area contributed by atoms with Gasteiger partial charge in [-0.3, -0.25) is 4.52 Å². The molecular weight excluding hydrogens is 741 g/mol. The van der Waals surface area contributed by atoms with Gasteiger partial charge >= 0.3 is 8.60 Å². The number of nitrogen functional groups attached to an aromatic ring is 1. The van der Waals surface area contributed by atoms with Gasteiger partial charge in [0.15, 0.2) is 11.6 Å². The van der Waals surface area contributed by atoms with E-state index in [-0.39, 0.29) is 12.2 Å². The minimum atomic E-state index is -1.69. The van der Waals surface area contributed by atoms with Crippen molar-refractivity contribution in [3.63, 3.8) is 0 Å². The fourth-order valence-corrected chi connectivity index (χ4v) is 7.36. The third-order valence-electron chi connectivity index (χ3n) is 8.89. The Balaban J connectivity index is 0.00000138. The standard InChI is InChI=1S/C37H58ClN4O5P.C3H8O2.CHN/c1-2-3-4-5-6-7-8-9-10-11-12-13-14-15-16-19-26-43-27-28-44-48(47-35-21-18-17-20-32(35)38)45-29-31-22-25-36(46-31)33-23-24-34-37(39)40-30-41-42(33)34;1-3(2,4)5;1-2/h17-18,20-21,23-24,30-31,36H,2-16,19,22,25-29H2,1H3,(H2,39,40,41);4-5H,1-2H3;1H. The van der Waals surface area contributed by atoms with E-state index < -0.39 is 14.4 Å². The van der Waals surface area contributed by atoms with Gasteiger partial charge in [0.05, 0.1) is 36.6 Å². The van der Waals surface area contributed by atoms with Crippen molar-refractivity contribution in [2.75, 3.05) is 32.2 Å². The molecule has 2 aromatic heterocycles. The van der Waals surface area contributed by atoms with Crippen LogP contribution in [0, 0.1) is 11.8 Å². The zero-order chi connectivity index (χ0) is 40.2. The van der Waals surface area contributed by atoms with Crippen molar-refractivity contribution in [2.45, 2.75) is 154 Å². The second kappa shape index (κ2) is 29.6. The maximum atomic E-state index is 8.08. The van der Waals surface area contributed by atoms with E-state index in [1.54, 1.807) is 10.6 Å². The van der Waals surface area contributed by atoms with Crippen LogP contribution >= 0.6 is 20.2 Å². The van der Waals surface area contributed by atoms with Crippen LogP contribution < -0.4 is 10.3 Å². The van der Waals surface area contributed by atoms with Gasteiger partial charge in [0.1, 0.15) is 23.7 Å². The molecule has 0 aliphatic carbocycles. The highest BCUT2D eigenvalue weighted by molar-refractivity contribution is 7.42. The van der Waals surface area contributed by atoms with Crippen LogP contribution in [0.4, 0.5) is 5.82 Å². The van der Waals surface area contributed by atoms with Gasteiger partial charge in [0.25, 0.3) is 0 Å². The highest BCUT2D eigenvalue weighted by atomic mass is 35.5. The van der Waals surface area contributed by atoms with Crippen LogP contribution in [0.15, 0.2) is 42.7 Å². The molecule has 0 amide bonds. The third kappa shape index (κ3) is 22.1. The Morgan fingerprint density at radius 2 is 1.44 bits per heavy atom. The first kappa shape index (κ1) is 48.6. The van der Waals surface area contributed by atoms with Crippen molar-refractivity contribution in [3.8, 4) is 12.3 Å². The van der Waals surface area contributed by atoms with E-state index >= 15 is 0 Å². The highest BCUT2D eigenvalue weighted by Gasteiger charge is 2.31. The van der Waals surface area contributed by atoms with E-state index in [9.17, 15) is 0 Å². The number of unbranched alkanes of at least 4 members (excludes halogenated alkanes) is 15. The Kier molecular flexibility index (Phi) is 26.2. The molecule has 0 bridgehead atoms. The van der Waals surface area contributed by atoms with E-state index in [0.717, 1.165) is 37.1 Å². The number of aromatic nitrogens is 3. The fraction of sp³-hybridized carbons (Fsp3) is 0.683. The van der Waals surface area contributed by atoms with Gasteiger partial charge in [-0.15, -0.1) is 0 Å². The van der Waals surface area contributed by atoms with Crippen molar-refractivity contribution in [1.29, 1.82) is 5.26 Å². The number of anilines is 1. The van der Waals surface area contributed by atoms with E-state index in [4.69, 9.17) is 55.9 Å². The fourth-order valence-electron chi connectivity index (χ4n) is 6.12. The molecule has 55 heavy (non-hydrogen) atoms. The van der Waals surface area contributed by atoms with Crippen molar-refractivity contribution in [1.82, 2.24) is 14.6 Å². The van der Waals surface area contributed by atoms with Gasteiger partial charge in [-0.1, -0.05) is 127 Å². The van der Waals surface area contributed by atoms with Gasteiger partial charge in [-0.25, -0.2) is 14.8 Å². The van der Waals surface area contributed by atoms with Crippen molar-refractivity contribution in [3.05, 3.63) is 53.4 Å². The molecule has 1 aliphatic heterocycles. The van der Waals surface area contributed by atoms with Crippen molar-refractivity contribution < 1.29 is 33.3 Å². The van der Waals surface area contributed by atoms with Crippen molar-refractivity contribution in [2.24, 2.45) is 0 Å². The van der Waals surface area contributed by atoms with Crippen LogP contribution in [0.1, 0.15) is 148 Å². The van der Waals surface area contributed by atoms with Gasteiger partial charge < -0.3 is 34.5 Å². The maximum absolute atomic E-state index is 8.08. The van der Waals surface area contributed by atoms with Gasteiger partial charge in [-0.05, 0) is 57.4 Å². The summed E-state index contributed by atoms with van der Waals surface area (Å²) in [6.07, 6.45) is 24.7. The van der Waals surface area contributed by atoms with E-state index in [0.29, 0.717) is 36.4 Å². The average molecular weight is 808 g/mol. The number of nitriles is 1. The summed E-state index contributed by atoms with van der Waals surface area (Å²) in [6, 6.07) is 11.2. The SMILES string of the molecule is C#N.CC(C)(O)O.CCCCCCCCCCCCCCCCCCOCCOP(OCC1CCC(c2ccc3c(N)ncnn23)O1)Oc1ccccc1Cl. The first-order valence-electron chi connectivity index (χ1n) is 20.2. The molecule has 4 N–H and O–H groups in total. The summed E-state index contributed by atoms with van der Waals surface area (Å²) >= 11 is 6.35. The Bertz CT molecular complexity index is 1420. The highest BCUT2D eigenvalue weighted by Crippen LogP contribution is 2.44. The molecule has 0 saturated carbocycles. The number of nitrogens with two attached hydrogens (primary N) is 1. The number of halogens is 1. The number of ether oxygens (including phenoxy) is 2. The lowest BCUT2D eigenvalue weighted by Crippen LogP contribution is -2.16. The normalized spacial score (nSPS) is 15.9. The molecule has 1 aromatic carbocycles. The van der Waals surface area contributed by atoms with Crippen LogP contribution in [-0.2, 0) is 18.5 Å².